The minimum atomic E-state index is -3.54. The highest BCUT2D eigenvalue weighted by molar-refractivity contribution is 7.89. The molecule has 0 aliphatic rings. The minimum absolute atomic E-state index is 0.215. The van der Waals surface area contributed by atoms with Crippen LogP contribution in [0, 0.1) is 6.92 Å². The zero-order valence-electron chi connectivity index (χ0n) is 9.75. The lowest BCUT2D eigenvalue weighted by atomic mass is 10.2. The molecule has 0 bridgehead atoms. The normalized spacial score (nSPS) is 11.6. The van der Waals surface area contributed by atoms with Crippen LogP contribution in [0.25, 0.3) is 0 Å². The molecule has 0 spiro atoms. The molecule has 2 aromatic rings. The molecular weight excluding hydrogens is 270 g/mol. The van der Waals surface area contributed by atoms with Gasteiger partial charge in [-0.1, -0.05) is 6.07 Å². The number of nitrogens with zero attached hydrogens (tertiary/aromatic N) is 1. The minimum Gasteiger partial charge on any atom is -0.399 e. The van der Waals surface area contributed by atoms with Crippen molar-refractivity contribution < 1.29 is 8.42 Å². The first-order valence-corrected chi connectivity index (χ1v) is 7.58. The van der Waals surface area contributed by atoms with Gasteiger partial charge < -0.3 is 5.73 Å². The molecule has 0 fully saturated rings. The number of nitrogen functional groups attached to an aromatic ring is 1. The Morgan fingerprint density at radius 1 is 1.44 bits per heavy atom. The Morgan fingerprint density at radius 3 is 2.89 bits per heavy atom. The van der Waals surface area contributed by atoms with Crippen LogP contribution in [0.5, 0.6) is 0 Å². The second-order valence-corrected chi connectivity index (χ2v) is 6.52. The van der Waals surface area contributed by atoms with E-state index in [1.54, 1.807) is 30.8 Å². The Bertz CT molecular complexity index is 636. The summed E-state index contributed by atoms with van der Waals surface area (Å²) >= 11 is 1.40. The molecule has 0 atom stereocenters. The Labute approximate surface area is 110 Å². The number of aromatic nitrogens is 1. The SMILES string of the molecule is Cc1ccc(N)cc1S(=O)(=O)NCc1cncs1. The molecule has 1 aromatic heterocycles. The van der Waals surface area contributed by atoms with Crippen LogP contribution < -0.4 is 10.5 Å². The van der Waals surface area contributed by atoms with Gasteiger partial charge in [-0.2, -0.15) is 0 Å². The molecule has 0 amide bonds. The fourth-order valence-corrected chi connectivity index (χ4v) is 3.39. The van der Waals surface area contributed by atoms with E-state index in [9.17, 15) is 8.42 Å². The summed E-state index contributed by atoms with van der Waals surface area (Å²) < 4.78 is 26.8. The molecule has 7 heteroatoms. The molecule has 5 nitrogen and oxygen atoms in total. The van der Waals surface area contributed by atoms with E-state index in [2.05, 4.69) is 9.71 Å². The van der Waals surface area contributed by atoms with Gasteiger partial charge in [0.25, 0.3) is 0 Å². The Hall–Kier alpha value is -1.44. The maximum Gasteiger partial charge on any atom is 0.241 e. The quantitative estimate of drug-likeness (QED) is 0.833. The van der Waals surface area contributed by atoms with Gasteiger partial charge in [0.1, 0.15) is 0 Å². The molecule has 0 saturated carbocycles. The summed E-state index contributed by atoms with van der Waals surface area (Å²) in [6, 6.07) is 4.83. The van der Waals surface area contributed by atoms with Crippen LogP contribution >= 0.6 is 11.3 Å². The Morgan fingerprint density at radius 2 is 2.22 bits per heavy atom. The summed E-state index contributed by atoms with van der Waals surface area (Å²) in [4.78, 5) is 4.97. The van der Waals surface area contributed by atoms with Crippen molar-refractivity contribution in [1.82, 2.24) is 9.71 Å². The van der Waals surface area contributed by atoms with Gasteiger partial charge in [-0.05, 0) is 24.6 Å². The number of sulfonamides is 1. The van der Waals surface area contributed by atoms with Crippen molar-refractivity contribution in [2.45, 2.75) is 18.4 Å². The van der Waals surface area contributed by atoms with Crippen molar-refractivity contribution in [3.63, 3.8) is 0 Å². The first kappa shape index (κ1) is 13.0. The summed E-state index contributed by atoms with van der Waals surface area (Å²) in [5.41, 5.74) is 8.37. The van der Waals surface area contributed by atoms with E-state index in [1.165, 1.54) is 17.4 Å². The topological polar surface area (TPSA) is 85.1 Å². The zero-order chi connectivity index (χ0) is 13.2. The summed E-state index contributed by atoms with van der Waals surface area (Å²) in [5, 5.41) is 0. The van der Waals surface area contributed by atoms with E-state index in [4.69, 9.17) is 5.73 Å². The van der Waals surface area contributed by atoms with E-state index >= 15 is 0 Å². The van der Waals surface area contributed by atoms with E-state index in [-0.39, 0.29) is 11.4 Å². The third-order valence-electron chi connectivity index (χ3n) is 2.42. The van der Waals surface area contributed by atoms with Gasteiger partial charge in [0.15, 0.2) is 0 Å². The number of hydrogen-bond donors (Lipinski definition) is 2. The first-order valence-electron chi connectivity index (χ1n) is 5.22. The maximum atomic E-state index is 12.1. The molecule has 3 N–H and O–H groups in total. The lowest BCUT2D eigenvalue weighted by Crippen LogP contribution is -2.23. The monoisotopic (exact) mass is 283 g/mol. The third kappa shape index (κ3) is 2.87. The van der Waals surface area contributed by atoms with Gasteiger partial charge >= 0.3 is 0 Å². The van der Waals surface area contributed by atoms with Gasteiger partial charge in [-0.15, -0.1) is 11.3 Å². The molecule has 96 valence electrons. The van der Waals surface area contributed by atoms with Gasteiger partial charge in [0.05, 0.1) is 10.4 Å². The third-order valence-corrected chi connectivity index (χ3v) is 4.74. The molecule has 0 radical (unpaired) electrons. The fraction of sp³-hybridized carbons (Fsp3) is 0.182. The van der Waals surface area contributed by atoms with Crippen LogP contribution in [0.1, 0.15) is 10.4 Å². The number of rotatable bonds is 4. The van der Waals surface area contributed by atoms with Crippen molar-refractivity contribution in [3.05, 3.63) is 40.3 Å². The van der Waals surface area contributed by atoms with Gasteiger partial charge in [-0.25, -0.2) is 13.1 Å². The Kier molecular flexibility index (Phi) is 3.65. The highest BCUT2D eigenvalue weighted by Crippen LogP contribution is 2.18. The number of nitrogens with two attached hydrogens (primary N) is 1. The smallest absolute Gasteiger partial charge is 0.241 e. The van der Waals surface area contributed by atoms with E-state index in [0.717, 1.165) is 4.88 Å². The van der Waals surface area contributed by atoms with Gasteiger partial charge in [0.2, 0.25) is 10.0 Å². The molecule has 1 aromatic carbocycles. The lowest BCUT2D eigenvalue weighted by Gasteiger charge is -2.09. The second-order valence-electron chi connectivity index (χ2n) is 3.82. The van der Waals surface area contributed by atoms with E-state index in [0.29, 0.717) is 11.3 Å². The predicted octanol–water partition coefficient (Wildman–Crippen LogP) is 1.51. The molecule has 2 rings (SSSR count). The molecule has 0 saturated heterocycles. The number of hydrogen-bond acceptors (Lipinski definition) is 5. The van der Waals surface area contributed by atoms with Crippen molar-refractivity contribution in [1.29, 1.82) is 0 Å². The van der Waals surface area contributed by atoms with Crippen molar-refractivity contribution in [2.24, 2.45) is 0 Å². The highest BCUT2D eigenvalue weighted by atomic mass is 32.2. The van der Waals surface area contributed by atoms with Crippen LogP contribution in [0.15, 0.2) is 34.8 Å². The van der Waals surface area contributed by atoms with Crippen molar-refractivity contribution >= 4 is 27.0 Å². The lowest BCUT2D eigenvalue weighted by molar-refractivity contribution is 0.581. The zero-order valence-corrected chi connectivity index (χ0v) is 11.4. The number of thiazole rings is 1. The molecule has 18 heavy (non-hydrogen) atoms. The number of anilines is 1. The number of aryl methyl sites for hydroxylation is 1. The summed E-state index contributed by atoms with van der Waals surface area (Å²) in [7, 11) is -3.54. The first-order chi connectivity index (χ1) is 8.49. The summed E-state index contributed by atoms with van der Waals surface area (Å²) in [6.45, 7) is 1.97. The second kappa shape index (κ2) is 5.05. The Balaban J connectivity index is 2.22. The van der Waals surface area contributed by atoms with Gasteiger partial charge in [0, 0.05) is 23.3 Å². The molecule has 0 aliphatic carbocycles. The molecule has 0 aliphatic heterocycles. The average Bonchev–Trinajstić information content (AvgIpc) is 2.83. The van der Waals surface area contributed by atoms with Crippen molar-refractivity contribution in [3.8, 4) is 0 Å². The van der Waals surface area contributed by atoms with Crippen LogP contribution in [0.4, 0.5) is 5.69 Å². The molecular formula is C11H13N3O2S2. The maximum absolute atomic E-state index is 12.1. The van der Waals surface area contributed by atoms with E-state index < -0.39 is 10.0 Å². The average molecular weight is 283 g/mol. The largest absolute Gasteiger partial charge is 0.399 e. The number of nitrogens with one attached hydrogen (secondary N) is 1. The van der Waals surface area contributed by atoms with E-state index in [1.807, 2.05) is 0 Å². The molecule has 0 unspecified atom stereocenters. The van der Waals surface area contributed by atoms with Crippen LogP contribution in [0.2, 0.25) is 0 Å². The standard InChI is InChI=1S/C11H13N3O2S2/c1-8-2-3-9(12)4-11(8)18(15,16)14-6-10-5-13-7-17-10/h2-5,7,14H,6,12H2,1H3. The van der Waals surface area contributed by atoms with Crippen LogP contribution in [-0.2, 0) is 16.6 Å². The van der Waals surface area contributed by atoms with Crippen LogP contribution in [-0.4, -0.2) is 13.4 Å². The summed E-state index contributed by atoms with van der Waals surface area (Å²) in [5.74, 6) is 0. The van der Waals surface area contributed by atoms with Crippen LogP contribution in [0.3, 0.4) is 0 Å². The number of benzene rings is 1. The van der Waals surface area contributed by atoms with Gasteiger partial charge in [-0.3, -0.25) is 4.98 Å². The van der Waals surface area contributed by atoms with Crippen molar-refractivity contribution in [2.75, 3.05) is 5.73 Å². The fourth-order valence-electron chi connectivity index (χ4n) is 1.48. The summed E-state index contributed by atoms with van der Waals surface area (Å²) in [6.07, 6.45) is 1.64. The molecule has 1 heterocycles. The predicted molar refractivity (Wildman–Crippen MR) is 71.7 cm³/mol. The highest BCUT2D eigenvalue weighted by Gasteiger charge is 2.16.